The summed E-state index contributed by atoms with van der Waals surface area (Å²) in [5, 5.41) is 17.4. The predicted molar refractivity (Wildman–Crippen MR) is 59.8 cm³/mol. The molecule has 0 aromatic heterocycles. The number of carbonyl (C=O) groups is 1. The maximum atomic E-state index is 13.3. The Bertz CT molecular complexity index is 575. The van der Waals surface area contributed by atoms with E-state index in [0.29, 0.717) is 12.1 Å². The summed E-state index contributed by atoms with van der Waals surface area (Å²) in [7, 11) is -4.46. The maximum Gasteiger partial charge on any atom is 0.321 e. The molecule has 0 radical (unpaired) electrons. The molecule has 0 saturated carbocycles. The number of aliphatic carboxylic acids is 1. The Balaban J connectivity index is 3.06. The lowest BCUT2D eigenvalue weighted by Gasteiger charge is -2.13. The highest BCUT2D eigenvalue weighted by atomic mass is 32.2. The molecule has 1 aromatic rings. The van der Waals surface area contributed by atoms with Gasteiger partial charge in [0.15, 0.2) is 0 Å². The number of hydrogen-bond donors (Lipinski definition) is 3. The molecule has 1 aromatic carbocycles. The summed E-state index contributed by atoms with van der Waals surface area (Å²) >= 11 is 0. The number of halogens is 2. The molecule has 0 saturated heterocycles. The first kappa shape index (κ1) is 15.5. The molecular formula is C10H11F2NO5S. The van der Waals surface area contributed by atoms with Crippen LogP contribution in [0.5, 0.6) is 0 Å². The van der Waals surface area contributed by atoms with E-state index in [1.807, 2.05) is 0 Å². The van der Waals surface area contributed by atoms with Gasteiger partial charge in [0.2, 0.25) is 10.0 Å². The van der Waals surface area contributed by atoms with Gasteiger partial charge in [-0.25, -0.2) is 17.2 Å². The molecule has 0 aliphatic carbocycles. The lowest BCUT2D eigenvalue weighted by atomic mass is 10.2. The average Bonchev–Trinajstić information content (AvgIpc) is 2.27. The summed E-state index contributed by atoms with van der Waals surface area (Å²) in [6.07, 6.45) is -0.378. The van der Waals surface area contributed by atoms with Crippen LogP contribution in [-0.2, 0) is 14.8 Å². The highest BCUT2D eigenvalue weighted by Crippen LogP contribution is 2.16. The zero-order valence-corrected chi connectivity index (χ0v) is 10.3. The Morgan fingerprint density at radius 2 is 2.00 bits per heavy atom. The maximum absolute atomic E-state index is 13.3. The third-order valence-electron chi connectivity index (χ3n) is 2.20. The molecule has 106 valence electrons. The number of nitrogens with one attached hydrogen (secondary N) is 1. The van der Waals surface area contributed by atoms with Gasteiger partial charge >= 0.3 is 5.97 Å². The minimum atomic E-state index is -4.46. The summed E-state index contributed by atoms with van der Waals surface area (Å²) in [6, 6.07) is 0.195. The van der Waals surface area contributed by atoms with Gasteiger partial charge < -0.3 is 10.2 Å². The Hall–Kier alpha value is -1.58. The Labute approximate surface area is 107 Å². The summed E-state index contributed by atoms with van der Waals surface area (Å²) in [5.74, 6) is -3.80. The molecular weight excluding hydrogens is 284 g/mol. The van der Waals surface area contributed by atoms with Crippen LogP contribution in [0.3, 0.4) is 0 Å². The highest BCUT2D eigenvalue weighted by molar-refractivity contribution is 7.89. The van der Waals surface area contributed by atoms with Gasteiger partial charge in [-0.15, -0.1) is 0 Å². The van der Waals surface area contributed by atoms with E-state index in [0.717, 1.165) is 6.07 Å². The molecule has 0 spiro atoms. The van der Waals surface area contributed by atoms with Crippen molar-refractivity contribution < 1.29 is 32.2 Å². The van der Waals surface area contributed by atoms with Gasteiger partial charge in [-0.1, -0.05) is 0 Å². The number of aliphatic hydroxyl groups is 1. The van der Waals surface area contributed by atoms with E-state index in [4.69, 9.17) is 10.2 Å². The second-order valence-electron chi connectivity index (χ2n) is 3.60. The van der Waals surface area contributed by atoms with Crippen molar-refractivity contribution in [3.05, 3.63) is 29.8 Å². The number of aliphatic hydroxyl groups excluding tert-OH is 1. The van der Waals surface area contributed by atoms with E-state index in [1.54, 1.807) is 4.72 Å². The van der Waals surface area contributed by atoms with Crippen molar-refractivity contribution in [3.63, 3.8) is 0 Å². The molecule has 0 heterocycles. The van der Waals surface area contributed by atoms with Crippen molar-refractivity contribution in [2.24, 2.45) is 0 Å². The van der Waals surface area contributed by atoms with E-state index in [2.05, 4.69) is 0 Å². The van der Waals surface area contributed by atoms with Crippen LogP contribution in [0.15, 0.2) is 23.1 Å². The number of carboxylic acid groups (broad SMARTS) is 1. The molecule has 0 amide bonds. The fourth-order valence-electron chi connectivity index (χ4n) is 1.31. The molecule has 0 aliphatic heterocycles. The third kappa shape index (κ3) is 3.94. The van der Waals surface area contributed by atoms with E-state index < -0.39 is 45.2 Å². The van der Waals surface area contributed by atoms with Gasteiger partial charge in [0, 0.05) is 12.7 Å². The smallest absolute Gasteiger partial charge is 0.321 e. The molecule has 9 heteroatoms. The molecule has 0 aliphatic rings. The zero-order valence-electron chi connectivity index (χ0n) is 9.51. The average molecular weight is 295 g/mol. The molecule has 0 fully saturated rings. The lowest BCUT2D eigenvalue weighted by molar-refractivity contribution is -0.139. The first-order valence-corrected chi connectivity index (χ1v) is 6.57. The van der Waals surface area contributed by atoms with Gasteiger partial charge in [0.25, 0.3) is 0 Å². The van der Waals surface area contributed by atoms with Crippen LogP contribution in [0.4, 0.5) is 8.78 Å². The van der Waals surface area contributed by atoms with Crippen LogP contribution in [0.1, 0.15) is 6.42 Å². The normalized spacial score (nSPS) is 13.2. The van der Waals surface area contributed by atoms with Gasteiger partial charge in [-0.05, 0) is 18.6 Å². The molecule has 1 atom stereocenters. The van der Waals surface area contributed by atoms with Crippen molar-refractivity contribution in [1.29, 1.82) is 0 Å². The highest BCUT2D eigenvalue weighted by Gasteiger charge is 2.27. The van der Waals surface area contributed by atoms with Crippen LogP contribution >= 0.6 is 0 Å². The predicted octanol–water partition coefficient (Wildman–Crippen LogP) is 0.0787. The molecule has 19 heavy (non-hydrogen) atoms. The number of rotatable bonds is 6. The fraction of sp³-hybridized carbons (Fsp3) is 0.300. The summed E-state index contributed by atoms with van der Waals surface area (Å²) in [5.41, 5.74) is 0. The SMILES string of the molecule is O=C(O)[C@H](CCO)NS(=O)(=O)c1ccc(F)cc1F. The fourth-order valence-corrected chi connectivity index (χ4v) is 2.59. The van der Waals surface area contributed by atoms with Crippen molar-refractivity contribution in [3.8, 4) is 0 Å². The van der Waals surface area contributed by atoms with E-state index in [9.17, 15) is 22.0 Å². The molecule has 0 unspecified atom stereocenters. The second-order valence-corrected chi connectivity index (χ2v) is 5.28. The standard InChI is InChI=1S/C10H11F2NO5S/c11-6-1-2-9(7(12)5-6)19(17,18)13-8(3-4-14)10(15)16/h1-2,5,8,13-14H,3-4H2,(H,15,16)/t8-/m0/s1. The summed E-state index contributed by atoms with van der Waals surface area (Å²) < 4.78 is 51.2. The van der Waals surface area contributed by atoms with Gasteiger partial charge in [0.05, 0.1) is 0 Å². The summed E-state index contributed by atoms with van der Waals surface area (Å²) in [6.45, 7) is -0.564. The number of hydrogen-bond acceptors (Lipinski definition) is 4. The quantitative estimate of drug-likeness (QED) is 0.689. The van der Waals surface area contributed by atoms with Crippen LogP contribution in [0.25, 0.3) is 0 Å². The van der Waals surface area contributed by atoms with Crippen molar-refractivity contribution in [2.45, 2.75) is 17.4 Å². The second kappa shape index (κ2) is 6.04. The lowest BCUT2D eigenvalue weighted by Crippen LogP contribution is -2.41. The molecule has 3 N–H and O–H groups in total. The first-order valence-electron chi connectivity index (χ1n) is 5.09. The number of sulfonamides is 1. The van der Waals surface area contributed by atoms with Crippen molar-refractivity contribution in [1.82, 2.24) is 4.72 Å². The van der Waals surface area contributed by atoms with E-state index in [1.165, 1.54) is 0 Å². The monoisotopic (exact) mass is 295 g/mol. The number of benzene rings is 1. The summed E-state index contributed by atoms with van der Waals surface area (Å²) in [4.78, 5) is 9.88. The minimum absolute atomic E-state index is 0.371. The van der Waals surface area contributed by atoms with Crippen molar-refractivity contribution in [2.75, 3.05) is 6.61 Å². The Kier molecular flexibility index (Phi) is 4.92. The van der Waals surface area contributed by atoms with E-state index in [-0.39, 0.29) is 6.42 Å². The molecule has 1 rings (SSSR count). The Morgan fingerprint density at radius 3 is 2.47 bits per heavy atom. The Morgan fingerprint density at radius 1 is 1.37 bits per heavy atom. The van der Waals surface area contributed by atoms with Gasteiger partial charge in [0.1, 0.15) is 22.6 Å². The molecule has 6 nitrogen and oxygen atoms in total. The van der Waals surface area contributed by atoms with E-state index >= 15 is 0 Å². The minimum Gasteiger partial charge on any atom is -0.480 e. The largest absolute Gasteiger partial charge is 0.480 e. The zero-order chi connectivity index (χ0) is 14.6. The van der Waals surface area contributed by atoms with Gasteiger partial charge in [-0.2, -0.15) is 4.72 Å². The first-order chi connectivity index (χ1) is 8.77. The van der Waals surface area contributed by atoms with Gasteiger partial charge in [-0.3, -0.25) is 4.79 Å². The van der Waals surface area contributed by atoms with Crippen LogP contribution in [0.2, 0.25) is 0 Å². The third-order valence-corrected chi connectivity index (χ3v) is 3.70. The van der Waals surface area contributed by atoms with Crippen LogP contribution in [-0.4, -0.2) is 37.2 Å². The van der Waals surface area contributed by atoms with Crippen molar-refractivity contribution >= 4 is 16.0 Å². The van der Waals surface area contributed by atoms with Crippen LogP contribution in [0, 0.1) is 11.6 Å². The van der Waals surface area contributed by atoms with Crippen LogP contribution < -0.4 is 4.72 Å². The topological polar surface area (TPSA) is 104 Å². The number of carboxylic acids is 1. The molecule has 0 bridgehead atoms.